The molecule has 0 bridgehead atoms. The molecule has 0 fully saturated rings. The van der Waals surface area contributed by atoms with Gasteiger partial charge in [-0.15, -0.1) is 0 Å². The Morgan fingerprint density at radius 2 is 1.88 bits per heavy atom. The quantitative estimate of drug-likeness (QED) is 0.815. The molecule has 0 aliphatic carbocycles. The van der Waals surface area contributed by atoms with Gasteiger partial charge >= 0.3 is 6.18 Å². The van der Waals surface area contributed by atoms with E-state index in [0.717, 1.165) is 12.1 Å². The summed E-state index contributed by atoms with van der Waals surface area (Å²) in [4.78, 5) is 18.4. The van der Waals surface area contributed by atoms with Crippen LogP contribution in [0.1, 0.15) is 47.2 Å². The number of aromatic nitrogens is 1. The van der Waals surface area contributed by atoms with Crippen molar-refractivity contribution in [1.29, 1.82) is 0 Å². The van der Waals surface area contributed by atoms with Gasteiger partial charge in [0.15, 0.2) is 0 Å². The van der Waals surface area contributed by atoms with Gasteiger partial charge < -0.3 is 4.90 Å². The third-order valence-corrected chi connectivity index (χ3v) is 3.87. The van der Waals surface area contributed by atoms with Crippen LogP contribution in [-0.4, -0.2) is 22.3 Å². The molecule has 1 unspecified atom stereocenters. The number of hydrogen-bond acceptors (Lipinski definition) is 2. The van der Waals surface area contributed by atoms with E-state index in [4.69, 9.17) is 0 Å². The van der Waals surface area contributed by atoms with Crippen LogP contribution < -0.4 is 0 Å². The van der Waals surface area contributed by atoms with Gasteiger partial charge in [0.2, 0.25) is 0 Å². The Hall–Kier alpha value is -2.37. The van der Waals surface area contributed by atoms with Gasteiger partial charge in [-0.05, 0) is 50.6 Å². The Morgan fingerprint density at radius 1 is 1.21 bits per heavy atom. The second-order valence-electron chi connectivity index (χ2n) is 5.55. The van der Waals surface area contributed by atoms with Crippen LogP contribution in [0, 0.1) is 6.92 Å². The van der Waals surface area contributed by atoms with Gasteiger partial charge in [-0.2, -0.15) is 13.2 Å². The van der Waals surface area contributed by atoms with Gasteiger partial charge in [-0.1, -0.05) is 18.2 Å². The zero-order valence-corrected chi connectivity index (χ0v) is 13.8. The largest absolute Gasteiger partial charge is 0.416 e. The first kappa shape index (κ1) is 18.0. The van der Waals surface area contributed by atoms with Gasteiger partial charge in [0, 0.05) is 12.2 Å². The lowest BCUT2D eigenvalue weighted by Gasteiger charge is -2.28. The van der Waals surface area contributed by atoms with Gasteiger partial charge in [-0.3, -0.25) is 4.79 Å². The Morgan fingerprint density at radius 3 is 2.46 bits per heavy atom. The van der Waals surface area contributed by atoms with Crippen LogP contribution in [-0.2, 0) is 6.18 Å². The number of aryl methyl sites for hydroxylation is 1. The summed E-state index contributed by atoms with van der Waals surface area (Å²) in [6, 6.07) is 9.70. The maximum absolute atomic E-state index is 12.9. The zero-order valence-electron chi connectivity index (χ0n) is 13.8. The van der Waals surface area contributed by atoms with Gasteiger partial charge in [0.1, 0.15) is 5.69 Å². The van der Waals surface area contributed by atoms with E-state index in [1.54, 1.807) is 45.0 Å². The van der Waals surface area contributed by atoms with Crippen molar-refractivity contribution < 1.29 is 18.0 Å². The molecule has 24 heavy (non-hydrogen) atoms. The lowest BCUT2D eigenvalue weighted by molar-refractivity contribution is -0.137. The first-order chi connectivity index (χ1) is 11.2. The lowest BCUT2D eigenvalue weighted by atomic mass is 10.0. The molecule has 2 aromatic rings. The highest BCUT2D eigenvalue weighted by Gasteiger charge is 2.31. The highest BCUT2D eigenvalue weighted by Crippen LogP contribution is 2.32. The predicted octanol–water partition coefficient (Wildman–Crippen LogP) is 4.63. The number of benzene rings is 1. The number of halogens is 3. The molecule has 0 aliphatic heterocycles. The number of carbonyl (C=O) groups excluding carboxylic acids is 1. The van der Waals surface area contributed by atoms with Crippen molar-refractivity contribution in [2.75, 3.05) is 6.54 Å². The summed E-state index contributed by atoms with van der Waals surface area (Å²) in [5.41, 5.74) is 0.719. The summed E-state index contributed by atoms with van der Waals surface area (Å²) in [6.45, 7) is 5.65. The number of hydrogen-bond donors (Lipinski definition) is 0. The Kier molecular flexibility index (Phi) is 5.26. The Bertz CT molecular complexity index is 728. The first-order valence-electron chi connectivity index (χ1n) is 7.65. The van der Waals surface area contributed by atoms with Crippen LogP contribution in [0.15, 0.2) is 42.5 Å². The third kappa shape index (κ3) is 3.93. The minimum atomic E-state index is -4.41. The molecule has 1 aromatic heterocycles. The second-order valence-corrected chi connectivity index (χ2v) is 5.55. The fraction of sp³-hybridized carbons (Fsp3) is 0.333. The molecule has 3 nitrogen and oxygen atoms in total. The molecule has 6 heteroatoms. The number of nitrogens with zero attached hydrogens (tertiary/aromatic N) is 2. The molecule has 0 N–H and O–H groups in total. The van der Waals surface area contributed by atoms with Crippen molar-refractivity contribution in [3.63, 3.8) is 0 Å². The van der Waals surface area contributed by atoms with Crippen LogP contribution >= 0.6 is 0 Å². The van der Waals surface area contributed by atoms with Gasteiger partial charge in [0.05, 0.1) is 11.6 Å². The summed E-state index contributed by atoms with van der Waals surface area (Å²) in [5.74, 6) is -0.300. The van der Waals surface area contributed by atoms with Crippen LogP contribution in [0.2, 0.25) is 0 Å². The molecule has 1 heterocycles. The molecule has 0 spiro atoms. The monoisotopic (exact) mass is 336 g/mol. The SMILES string of the molecule is CCN(C(=O)c1cccc(C)n1)C(C)c1cccc(C(F)(F)F)c1. The fourth-order valence-corrected chi connectivity index (χ4v) is 2.56. The van der Waals surface area contributed by atoms with E-state index in [1.165, 1.54) is 11.0 Å². The highest BCUT2D eigenvalue weighted by molar-refractivity contribution is 5.92. The molecule has 0 saturated carbocycles. The predicted molar refractivity (Wildman–Crippen MR) is 85.5 cm³/mol. The summed E-state index contributed by atoms with van der Waals surface area (Å²) in [7, 11) is 0. The number of carbonyl (C=O) groups is 1. The minimum absolute atomic E-state index is 0.288. The first-order valence-corrected chi connectivity index (χ1v) is 7.65. The smallest absolute Gasteiger partial charge is 0.331 e. The molecule has 128 valence electrons. The van der Waals surface area contributed by atoms with Crippen molar-refractivity contribution >= 4 is 5.91 Å². The standard InChI is InChI=1S/C18H19F3N2O/c1-4-23(17(24)16-10-5-7-12(2)22-16)13(3)14-8-6-9-15(11-14)18(19,20)21/h5-11,13H,4H2,1-3H3. The van der Waals surface area contributed by atoms with E-state index < -0.39 is 17.8 Å². The maximum atomic E-state index is 12.9. The average Bonchev–Trinajstić information content (AvgIpc) is 2.54. The molecule has 1 amide bonds. The van der Waals surface area contributed by atoms with Crippen molar-refractivity contribution in [2.45, 2.75) is 33.0 Å². The number of alkyl halides is 3. The number of rotatable bonds is 4. The Labute approximate surface area is 139 Å². The van der Waals surface area contributed by atoms with Crippen molar-refractivity contribution in [3.8, 4) is 0 Å². The molecule has 2 rings (SSSR count). The van der Waals surface area contributed by atoms with Crippen molar-refractivity contribution in [2.24, 2.45) is 0 Å². The topological polar surface area (TPSA) is 33.2 Å². The average molecular weight is 336 g/mol. The Balaban J connectivity index is 2.32. The van der Waals surface area contributed by atoms with E-state index >= 15 is 0 Å². The molecule has 0 radical (unpaired) electrons. The molecule has 1 atom stereocenters. The zero-order chi connectivity index (χ0) is 17.9. The maximum Gasteiger partial charge on any atom is 0.416 e. The fourth-order valence-electron chi connectivity index (χ4n) is 2.56. The van der Waals surface area contributed by atoms with E-state index in [2.05, 4.69) is 4.98 Å². The van der Waals surface area contributed by atoms with E-state index in [-0.39, 0.29) is 11.6 Å². The summed E-state index contributed by atoms with van der Waals surface area (Å²) < 4.78 is 38.7. The van der Waals surface area contributed by atoms with Crippen LogP contribution in [0.3, 0.4) is 0 Å². The number of pyridine rings is 1. The van der Waals surface area contributed by atoms with Crippen LogP contribution in [0.5, 0.6) is 0 Å². The van der Waals surface area contributed by atoms with Crippen LogP contribution in [0.25, 0.3) is 0 Å². The molecule has 0 saturated heterocycles. The van der Waals surface area contributed by atoms with Gasteiger partial charge in [-0.25, -0.2) is 4.98 Å². The normalized spacial score (nSPS) is 12.8. The van der Waals surface area contributed by atoms with Crippen molar-refractivity contribution in [1.82, 2.24) is 9.88 Å². The number of amides is 1. The summed E-state index contributed by atoms with van der Waals surface area (Å²) in [5, 5.41) is 0. The van der Waals surface area contributed by atoms with Crippen molar-refractivity contribution in [3.05, 3.63) is 65.0 Å². The third-order valence-electron chi connectivity index (χ3n) is 3.87. The van der Waals surface area contributed by atoms with E-state index in [0.29, 0.717) is 17.8 Å². The molecule has 1 aromatic carbocycles. The van der Waals surface area contributed by atoms with E-state index in [9.17, 15) is 18.0 Å². The molecular weight excluding hydrogens is 317 g/mol. The van der Waals surface area contributed by atoms with E-state index in [1.807, 2.05) is 0 Å². The van der Waals surface area contributed by atoms with Gasteiger partial charge in [0.25, 0.3) is 5.91 Å². The summed E-state index contributed by atoms with van der Waals surface area (Å²) >= 11 is 0. The minimum Gasteiger partial charge on any atom is -0.331 e. The summed E-state index contributed by atoms with van der Waals surface area (Å²) in [6.07, 6.45) is -4.41. The molecular formula is C18H19F3N2O. The van der Waals surface area contributed by atoms with Crippen LogP contribution in [0.4, 0.5) is 13.2 Å². The lowest BCUT2D eigenvalue weighted by Crippen LogP contribution is -2.34. The highest BCUT2D eigenvalue weighted by atomic mass is 19.4. The molecule has 0 aliphatic rings. The second kappa shape index (κ2) is 7.03.